The average Bonchev–Trinajstić information content (AvgIpc) is 3.13. The van der Waals surface area contributed by atoms with Gasteiger partial charge in [-0.05, 0) is 42.8 Å². The highest BCUT2D eigenvalue weighted by molar-refractivity contribution is 7.91. The van der Waals surface area contributed by atoms with Gasteiger partial charge in [0.25, 0.3) is 0 Å². The fourth-order valence-electron chi connectivity index (χ4n) is 3.44. The Bertz CT molecular complexity index is 1290. The van der Waals surface area contributed by atoms with Crippen molar-refractivity contribution in [2.24, 2.45) is 0 Å². The van der Waals surface area contributed by atoms with E-state index >= 15 is 0 Å². The molecule has 1 aromatic heterocycles. The van der Waals surface area contributed by atoms with Crippen LogP contribution in [-0.2, 0) is 9.84 Å². The molecule has 1 N–H and O–H groups in total. The predicted octanol–water partition coefficient (Wildman–Crippen LogP) is 5.29. The summed E-state index contributed by atoms with van der Waals surface area (Å²) in [7, 11) is -3.63. The summed E-state index contributed by atoms with van der Waals surface area (Å²) in [6.45, 7) is 1.83. The van der Waals surface area contributed by atoms with E-state index in [1.54, 1.807) is 48.5 Å². The molecule has 138 valence electrons. The Morgan fingerprint density at radius 3 is 2.18 bits per heavy atom. The van der Waals surface area contributed by atoms with Crippen molar-refractivity contribution in [3.05, 3.63) is 84.4 Å². The fraction of sp³-hybridized carbons (Fsp3) is 0.0870. The molecule has 4 rings (SSSR count). The fourth-order valence-corrected chi connectivity index (χ4v) is 4.75. The molecule has 0 fully saturated rings. The van der Waals surface area contributed by atoms with Crippen molar-refractivity contribution >= 4 is 20.7 Å². The Kier molecular flexibility index (Phi) is 4.50. The summed E-state index contributed by atoms with van der Waals surface area (Å²) in [5.41, 5.74) is 3.43. The Balaban J connectivity index is 1.96. The van der Waals surface area contributed by atoms with E-state index in [2.05, 4.69) is 11.1 Å². The van der Waals surface area contributed by atoms with Crippen molar-refractivity contribution in [1.29, 1.82) is 5.26 Å². The van der Waals surface area contributed by atoms with Crippen molar-refractivity contribution in [3.8, 4) is 17.3 Å². The van der Waals surface area contributed by atoms with Gasteiger partial charge in [0.2, 0.25) is 9.84 Å². The lowest BCUT2D eigenvalue weighted by molar-refractivity contribution is 0.596. The number of aromatic nitrogens is 1. The molecule has 3 aromatic carbocycles. The third kappa shape index (κ3) is 2.98. The molecular formula is C23H18N2O2S. The number of sulfone groups is 1. The van der Waals surface area contributed by atoms with Crippen LogP contribution in [0, 0.1) is 11.3 Å². The molecule has 0 saturated heterocycles. The van der Waals surface area contributed by atoms with Gasteiger partial charge in [-0.25, -0.2) is 8.42 Å². The van der Waals surface area contributed by atoms with E-state index in [0.717, 1.165) is 27.7 Å². The van der Waals surface area contributed by atoms with Crippen LogP contribution in [0.2, 0.25) is 0 Å². The van der Waals surface area contributed by atoms with Crippen LogP contribution in [-0.4, -0.2) is 13.4 Å². The van der Waals surface area contributed by atoms with Crippen LogP contribution in [0.1, 0.15) is 18.4 Å². The first-order valence-electron chi connectivity index (χ1n) is 8.93. The van der Waals surface area contributed by atoms with Crippen molar-refractivity contribution in [2.75, 3.05) is 0 Å². The van der Waals surface area contributed by atoms with Crippen molar-refractivity contribution in [2.45, 2.75) is 22.6 Å². The smallest absolute Gasteiger partial charge is 0.206 e. The van der Waals surface area contributed by atoms with E-state index in [-0.39, 0.29) is 9.79 Å². The summed E-state index contributed by atoms with van der Waals surface area (Å²) in [5, 5.41) is 10.3. The molecule has 0 aliphatic rings. The second-order valence-corrected chi connectivity index (χ2v) is 8.60. The molecule has 4 nitrogen and oxygen atoms in total. The maximum atomic E-state index is 13.0. The lowest BCUT2D eigenvalue weighted by Gasteiger charge is -2.08. The van der Waals surface area contributed by atoms with E-state index in [4.69, 9.17) is 0 Å². The monoisotopic (exact) mass is 386 g/mol. The first-order valence-corrected chi connectivity index (χ1v) is 10.4. The van der Waals surface area contributed by atoms with E-state index in [9.17, 15) is 13.7 Å². The molecule has 1 atom stereocenters. The molecule has 0 radical (unpaired) electrons. The van der Waals surface area contributed by atoms with E-state index in [1.807, 2.05) is 37.3 Å². The number of nitrogens with one attached hydrogen (secondary N) is 1. The van der Waals surface area contributed by atoms with Gasteiger partial charge >= 0.3 is 0 Å². The number of fused-ring (bicyclic) bond motifs is 1. The second kappa shape index (κ2) is 6.99. The standard InChI is InChI=1S/C23H18N2O2S/c1-16(15-24)22-20-14-19(28(26,27)18-10-6-3-7-11-18)12-13-21(20)25-23(22)17-8-4-2-5-9-17/h2-14,16,25H,1H3. The number of aromatic amines is 1. The average molecular weight is 386 g/mol. The molecule has 28 heavy (non-hydrogen) atoms. The lowest BCUT2D eigenvalue weighted by Crippen LogP contribution is -2.01. The van der Waals surface area contributed by atoms with Crippen LogP contribution in [0.3, 0.4) is 0 Å². The molecule has 1 heterocycles. The van der Waals surface area contributed by atoms with Crippen LogP contribution in [0.25, 0.3) is 22.2 Å². The highest BCUT2D eigenvalue weighted by Crippen LogP contribution is 2.37. The number of hydrogen-bond donors (Lipinski definition) is 1. The zero-order chi connectivity index (χ0) is 19.7. The third-order valence-corrected chi connectivity index (χ3v) is 6.63. The van der Waals surface area contributed by atoms with Crippen molar-refractivity contribution < 1.29 is 8.42 Å². The topological polar surface area (TPSA) is 73.7 Å². The molecule has 0 saturated carbocycles. The zero-order valence-corrected chi connectivity index (χ0v) is 16.1. The van der Waals surface area contributed by atoms with Crippen LogP contribution in [0.15, 0.2) is 88.7 Å². The Labute approximate surface area is 164 Å². The summed E-state index contributed by atoms with van der Waals surface area (Å²) in [6.07, 6.45) is 0. The Morgan fingerprint density at radius 1 is 0.893 bits per heavy atom. The van der Waals surface area contributed by atoms with Crippen molar-refractivity contribution in [3.63, 3.8) is 0 Å². The number of H-pyrrole nitrogens is 1. The minimum atomic E-state index is -3.63. The van der Waals surface area contributed by atoms with E-state index < -0.39 is 15.8 Å². The summed E-state index contributed by atoms with van der Waals surface area (Å²) >= 11 is 0. The molecular weight excluding hydrogens is 368 g/mol. The van der Waals surface area contributed by atoms with E-state index in [0.29, 0.717) is 0 Å². The quantitative estimate of drug-likeness (QED) is 0.517. The normalized spacial score (nSPS) is 12.6. The summed E-state index contributed by atoms with van der Waals surface area (Å²) in [5.74, 6) is -0.390. The summed E-state index contributed by atoms with van der Waals surface area (Å²) < 4.78 is 26.1. The number of rotatable bonds is 4. The van der Waals surface area contributed by atoms with Gasteiger partial charge in [0.1, 0.15) is 0 Å². The minimum absolute atomic E-state index is 0.219. The highest BCUT2D eigenvalue weighted by atomic mass is 32.2. The molecule has 0 spiro atoms. The Hall–Kier alpha value is -3.36. The van der Waals surface area contributed by atoms with Crippen LogP contribution < -0.4 is 0 Å². The molecule has 1 unspecified atom stereocenters. The van der Waals surface area contributed by atoms with E-state index in [1.165, 1.54) is 0 Å². The maximum absolute atomic E-state index is 13.0. The van der Waals surface area contributed by atoms with Gasteiger partial charge in [-0.15, -0.1) is 0 Å². The molecule has 5 heteroatoms. The van der Waals surface area contributed by atoms with Crippen LogP contribution >= 0.6 is 0 Å². The third-order valence-electron chi connectivity index (χ3n) is 4.86. The molecule has 4 aromatic rings. The van der Waals surface area contributed by atoms with Crippen LogP contribution in [0.5, 0.6) is 0 Å². The molecule has 0 amide bonds. The van der Waals surface area contributed by atoms with Crippen molar-refractivity contribution in [1.82, 2.24) is 4.98 Å². The Morgan fingerprint density at radius 2 is 1.54 bits per heavy atom. The molecule has 0 aliphatic carbocycles. The molecule has 0 aliphatic heterocycles. The number of nitriles is 1. The SMILES string of the molecule is CC(C#N)c1c(-c2ccccc2)[nH]c2ccc(S(=O)(=O)c3ccccc3)cc12. The molecule has 0 bridgehead atoms. The van der Waals surface area contributed by atoms with Gasteiger partial charge in [0.15, 0.2) is 0 Å². The van der Waals surface area contributed by atoms with Gasteiger partial charge in [-0.1, -0.05) is 48.5 Å². The summed E-state index contributed by atoms with van der Waals surface area (Å²) in [6, 6.07) is 25.5. The van der Waals surface area contributed by atoms with Gasteiger partial charge in [0.05, 0.1) is 27.5 Å². The number of benzene rings is 3. The lowest BCUT2D eigenvalue weighted by atomic mass is 9.96. The van der Waals surface area contributed by atoms with Gasteiger partial charge < -0.3 is 4.98 Å². The first kappa shape index (κ1) is 18.0. The highest BCUT2D eigenvalue weighted by Gasteiger charge is 2.22. The number of nitrogens with zero attached hydrogens (tertiary/aromatic N) is 1. The van der Waals surface area contributed by atoms with Gasteiger partial charge in [-0.2, -0.15) is 5.26 Å². The minimum Gasteiger partial charge on any atom is -0.354 e. The number of hydrogen-bond acceptors (Lipinski definition) is 3. The van der Waals surface area contributed by atoms with Crippen LogP contribution in [0.4, 0.5) is 0 Å². The van der Waals surface area contributed by atoms with Gasteiger partial charge in [-0.3, -0.25) is 0 Å². The van der Waals surface area contributed by atoms with Gasteiger partial charge in [0, 0.05) is 16.5 Å². The summed E-state index contributed by atoms with van der Waals surface area (Å²) in [4.78, 5) is 3.84. The second-order valence-electron chi connectivity index (χ2n) is 6.65. The zero-order valence-electron chi connectivity index (χ0n) is 15.3. The largest absolute Gasteiger partial charge is 0.354 e. The first-order chi connectivity index (χ1) is 13.5. The predicted molar refractivity (Wildman–Crippen MR) is 110 cm³/mol. The maximum Gasteiger partial charge on any atom is 0.206 e.